The molecular formula is C16H6Cl2F6N4O2S. The molecule has 1 aromatic carbocycles. The molecule has 1 atom stereocenters. The highest BCUT2D eigenvalue weighted by Crippen LogP contribution is 2.42. The molecule has 31 heavy (non-hydrogen) atoms. The number of halogens is 8. The van der Waals surface area contributed by atoms with Crippen LogP contribution in [0.15, 0.2) is 34.0 Å². The van der Waals surface area contributed by atoms with Gasteiger partial charge >= 0.3 is 11.7 Å². The fourth-order valence-electron chi connectivity index (χ4n) is 2.61. The van der Waals surface area contributed by atoms with Crippen molar-refractivity contribution < 1.29 is 35.0 Å². The second kappa shape index (κ2) is 7.77. The number of furan rings is 1. The molecule has 2 N–H and O–H groups in total. The Balaban J connectivity index is 2.25. The van der Waals surface area contributed by atoms with E-state index in [-0.39, 0.29) is 5.69 Å². The van der Waals surface area contributed by atoms with Crippen LogP contribution in [0.5, 0.6) is 0 Å². The van der Waals surface area contributed by atoms with Crippen molar-refractivity contribution in [2.45, 2.75) is 16.8 Å². The number of hydrogen-bond acceptors (Lipinski definition) is 5. The highest BCUT2D eigenvalue weighted by molar-refractivity contribution is 7.85. The fourth-order valence-corrected chi connectivity index (χ4v) is 3.98. The molecule has 2 aromatic heterocycles. The number of benzene rings is 1. The average Bonchev–Trinajstić information content (AvgIpc) is 3.23. The fraction of sp³-hybridized carbons (Fsp3) is 0.125. The summed E-state index contributed by atoms with van der Waals surface area (Å²) in [5, 5.41) is 11.0. The first-order chi connectivity index (χ1) is 14.3. The lowest BCUT2D eigenvalue weighted by atomic mass is 10.1. The van der Waals surface area contributed by atoms with Gasteiger partial charge in [0.2, 0.25) is 5.09 Å². The summed E-state index contributed by atoms with van der Waals surface area (Å²) in [6.07, 6.45) is -3.97. The zero-order valence-corrected chi connectivity index (χ0v) is 16.8. The number of aromatic nitrogens is 2. The second-order valence-electron chi connectivity index (χ2n) is 5.75. The number of nitrogen functional groups attached to an aromatic ring is 1. The van der Waals surface area contributed by atoms with E-state index in [1.165, 1.54) is 0 Å². The number of nitrogens with two attached hydrogens (primary N) is 1. The van der Waals surface area contributed by atoms with E-state index in [4.69, 9.17) is 28.9 Å². The van der Waals surface area contributed by atoms with Crippen LogP contribution in [0.3, 0.4) is 0 Å². The third kappa shape index (κ3) is 4.10. The number of nitrogens with zero attached hydrogens (tertiary/aromatic N) is 3. The molecule has 1 unspecified atom stereocenters. The van der Waals surface area contributed by atoms with Crippen molar-refractivity contribution in [2.24, 2.45) is 0 Å². The maximum absolute atomic E-state index is 12.9. The van der Waals surface area contributed by atoms with Crippen LogP contribution in [-0.4, -0.2) is 19.5 Å². The monoisotopic (exact) mass is 502 g/mol. The van der Waals surface area contributed by atoms with Gasteiger partial charge in [-0.15, -0.1) is 0 Å². The van der Waals surface area contributed by atoms with Crippen LogP contribution in [0.25, 0.3) is 16.8 Å². The zero-order valence-electron chi connectivity index (χ0n) is 14.5. The molecule has 15 heteroatoms. The van der Waals surface area contributed by atoms with Gasteiger partial charge in [-0.05, 0) is 18.2 Å². The van der Waals surface area contributed by atoms with Gasteiger partial charge in [0.25, 0.3) is 0 Å². The lowest BCUT2D eigenvalue weighted by Gasteiger charge is -2.13. The van der Waals surface area contributed by atoms with Crippen molar-refractivity contribution in [1.29, 1.82) is 5.26 Å². The summed E-state index contributed by atoms with van der Waals surface area (Å²) in [6, 6.07) is 3.65. The lowest BCUT2D eigenvalue weighted by molar-refractivity contribution is -0.137. The van der Waals surface area contributed by atoms with E-state index in [1.807, 2.05) is 0 Å². The predicted molar refractivity (Wildman–Crippen MR) is 97.9 cm³/mol. The number of anilines is 1. The van der Waals surface area contributed by atoms with E-state index in [0.29, 0.717) is 16.8 Å². The molecule has 164 valence electrons. The van der Waals surface area contributed by atoms with E-state index < -0.39 is 65.8 Å². The molecule has 2 heterocycles. The minimum atomic E-state index is -5.18. The van der Waals surface area contributed by atoms with Crippen LogP contribution < -0.4 is 5.73 Å². The molecule has 3 rings (SSSR count). The maximum atomic E-state index is 12.9. The van der Waals surface area contributed by atoms with Gasteiger partial charge in [-0.25, -0.2) is 8.89 Å². The largest absolute Gasteiger partial charge is 0.478 e. The molecule has 0 aliphatic carbocycles. The molecule has 0 aliphatic heterocycles. The van der Waals surface area contributed by atoms with Crippen LogP contribution in [0, 0.1) is 11.3 Å². The Bertz CT molecular complexity index is 1220. The number of nitriles is 1. The summed E-state index contributed by atoms with van der Waals surface area (Å²) < 4.78 is 94.7. The molecule has 6 nitrogen and oxygen atoms in total. The summed E-state index contributed by atoms with van der Waals surface area (Å²) in [7, 11) is -3.60. The summed E-state index contributed by atoms with van der Waals surface area (Å²) >= 11 is 11.8. The summed E-state index contributed by atoms with van der Waals surface area (Å²) in [5.41, 5.74) is -2.14. The average molecular weight is 503 g/mol. The topological polar surface area (TPSA) is 97.8 Å². The molecule has 3 aromatic rings. The van der Waals surface area contributed by atoms with Crippen molar-refractivity contribution in [2.75, 3.05) is 5.73 Å². The predicted octanol–water partition coefficient (Wildman–Crippen LogP) is 5.54. The smallest absolute Gasteiger partial charge is 0.455 e. The highest BCUT2D eigenvalue weighted by Gasteiger charge is 2.42. The Morgan fingerprint density at radius 1 is 1.16 bits per heavy atom. The lowest BCUT2D eigenvalue weighted by Crippen LogP contribution is -2.16. The minimum Gasteiger partial charge on any atom is -0.455 e. The molecule has 0 saturated carbocycles. The molecule has 0 spiro atoms. The first kappa shape index (κ1) is 23.0. The van der Waals surface area contributed by atoms with Gasteiger partial charge in [0, 0.05) is 5.56 Å². The van der Waals surface area contributed by atoms with Gasteiger partial charge < -0.3 is 10.2 Å². The quantitative estimate of drug-likeness (QED) is 0.474. The number of hydrogen-bond donors (Lipinski definition) is 1. The van der Waals surface area contributed by atoms with Crippen molar-refractivity contribution in [3.63, 3.8) is 0 Å². The Hall–Kier alpha value is -2.69. The van der Waals surface area contributed by atoms with Gasteiger partial charge in [0.1, 0.15) is 17.6 Å². The van der Waals surface area contributed by atoms with Crippen LogP contribution in [0.4, 0.5) is 32.2 Å². The summed E-state index contributed by atoms with van der Waals surface area (Å²) in [5.74, 6) is -0.498. The SMILES string of the molecule is N#Cc1nn(-c2c(Cl)cc(C(F)(F)F)cc2Cl)c(N)c1-c1ccoc1S(=O)C(F)(F)F. The van der Waals surface area contributed by atoms with Crippen molar-refractivity contribution in [3.8, 4) is 22.9 Å². The Morgan fingerprint density at radius 3 is 2.23 bits per heavy atom. The van der Waals surface area contributed by atoms with Crippen LogP contribution >= 0.6 is 23.2 Å². The standard InChI is InChI=1S/C16H6Cl2F6N4O2S/c17-8-3-6(15(19,20)21)4-9(18)12(8)28-13(26)11(10(5-25)27-28)7-1-2-30-14(7)31(29)16(22,23)24/h1-4H,26H2. The number of rotatable bonds is 3. The summed E-state index contributed by atoms with van der Waals surface area (Å²) in [4.78, 5) is 0. The van der Waals surface area contributed by atoms with Gasteiger partial charge in [0.15, 0.2) is 16.5 Å². The molecule has 0 radical (unpaired) electrons. The molecule has 0 saturated heterocycles. The molecule has 0 amide bonds. The Labute approximate surface area is 181 Å². The van der Waals surface area contributed by atoms with Gasteiger partial charge in [-0.3, -0.25) is 0 Å². The Morgan fingerprint density at radius 2 is 1.74 bits per heavy atom. The van der Waals surface area contributed by atoms with E-state index in [9.17, 15) is 35.8 Å². The van der Waals surface area contributed by atoms with Crippen molar-refractivity contribution in [3.05, 3.63) is 45.8 Å². The van der Waals surface area contributed by atoms with Gasteiger partial charge in [-0.2, -0.15) is 36.7 Å². The van der Waals surface area contributed by atoms with Crippen LogP contribution in [0.2, 0.25) is 10.0 Å². The number of alkyl halides is 6. The molecule has 0 fully saturated rings. The van der Waals surface area contributed by atoms with Crippen molar-refractivity contribution >= 4 is 39.8 Å². The third-order valence-corrected chi connectivity index (χ3v) is 5.51. The van der Waals surface area contributed by atoms with E-state index in [1.54, 1.807) is 6.07 Å². The van der Waals surface area contributed by atoms with E-state index in [2.05, 4.69) is 9.52 Å². The van der Waals surface area contributed by atoms with Crippen LogP contribution in [0.1, 0.15) is 11.3 Å². The van der Waals surface area contributed by atoms with E-state index in [0.717, 1.165) is 12.3 Å². The minimum absolute atomic E-state index is 0.349. The summed E-state index contributed by atoms with van der Waals surface area (Å²) in [6.45, 7) is 0. The van der Waals surface area contributed by atoms with Crippen LogP contribution in [-0.2, 0) is 17.0 Å². The Kier molecular flexibility index (Phi) is 5.76. The second-order valence-corrected chi connectivity index (χ2v) is 7.94. The first-order valence-electron chi connectivity index (χ1n) is 7.69. The van der Waals surface area contributed by atoms with Crippen molar-refractivity contribution in [1.82, 2.24) is 9.78 Å². The van der Waals surface area contributed by atoms with E-state index >= 15 is 0 Å². The molecule has 0 bridgehead atoms. The highest BCUT2D eigenvalue weighted by atomic mass is 35.5. The normalized spacial score (nSPS) is 13.3. The zero-order chi connectivity index (χ0) is 23.3. The molecular weight excluding hydrogens is 497 g/mol. The maximum Gasteiger partial charge on any atom is 0.478 e. The van der Waals surface area contributed by atoms with Gasteiger partial charge in [0.05, 0.1) is 27.4 Å². The third-order valence-electron chi connectivity index (χ3n) is 3.86. The first-order valence-corrected chi connectivity index (χ1v) is 9.59. The molecule has 0 aliphatic rings. The van der Waals surface area contributed by atoms with Gasteiger partial charge in [-0.1, -0.05) is 23.2 Å².